The van der Waals surface area contributed by atoms with Crippen LogP contribution in [0.15, 0.2) is 24.3 Å². The van der Waals surface area contributed by atoms with Crippen LogP contribution >= 0.6 is 7.82 Å². The maximum Gasteiger partial charge on any atom is 0.472 e. The molecule has 0 fully saturated rings. The molecule has 23 heavy (non-hydrogen) atoms. The van der Waals surface area contributed by atoms with Crippen LogP contribution in [-0.2, 0) is 32.7 Å². The molecular formula is C14H23O8P. The van der Waals surface area contributed by atoms with Crippen LogP contribution in [0.25, 0.3) is 0 Å². The van der Waals surface area contributed by atoms with E-state index in [-0.39, 0.29) is 39.3 Å². The Morgan fingerprint density at radius 2 is 1.26 bits per heavy atom. The minimum absolute atomic E-state index is 0.0735. The largest absolute Gasteiger partial charge is 0.472 e. The van der Waals surface area contributed by atoms with Crippen LogP contribution in [0.4, 0.5) is 0 Å². The second-order valence-electron chi connectivity index (χ2n) is 4.18. The third-order valence-electron chi connectivity index (χ3n) is 2.18. The van der Waals surface area contributed by atoms with Gasteiger partial charge >= 0.3 is 19.8 Å². The number of carbonyl (C=O) groups is 2. The van der Waals surface area contributed by atoms with E-state index in [4.69, 9.17) is 18.5 Å². The van der Waals surface area contributed by atoms with Crippen LogP contribution in [0.2, 0.25) is 0 Å². The monoisotopic (exact) mass is 350 g/mol. The molecule has 0 bridgehead atoms. The zero-order chi connectivity index (χ0) is 17.6. The van der Waals surface area contributed by atoms with E-state index in [2.05, 4.69) is 0 Å². The van der Waals surface area contributed by atoms with E-state index in [1.165, 1.54) is 12.2 Å². The van der Waals surface area contributed by atoms with Gasteiger partial charge in [0.15, 0.2) is 0 Å². The Bertz CT molecular complexity index is 420. The molecule has 8 nitrogen and oxygen atoms in total. The summed E-state index contributed by atoms with van der Waals surface area (Å²) in [5, 5.41) is 0. The molecule has 0 amide bonds. The molecule has 0 radical (unpaired) electrons. The first-order valence-electron chi connectivity index (χ1n) is 7.12. The highest BCUT2D eigenvalue weighted by Gasteiger charge is 2.20. The van der Waals surface area contributed by atoms with E-state index in [9.17, 15) is 19.0 Å². The molecule has 0 heterocycles. The highest BCUT2D eigenvalue weighted by atomic mass is 31.2. The van der Waals surface area contributed by atoms with Gasteiger partial charge in [-0.15, -0.1) is 0 Å². The maximum atomic E-state index is 11.5. The zero-order valence-electron chi connectivity index (χ0n) is 13.3. The Morgan fingerprint density at radius 1 is 0.870 bits per heavy atom. The molecule has 0 aromatic carbocycles. The number of phosphoric ester groups is 1. The minimum atomic E-state index is -4.15. The molecule has 0 atom stereocenters. The van der Waals surface area contributed by atoms with Gasteiger partial charge in [-0.1, -0.05) is 12.2 Å². The Hall–Kier alpha value is -1.47. The number of carbonyl (C=O) groups excluding carboxylic acids is 2. The standard InChI is InChI=1S/C14H23O8P/c1-3-7-13(15)19-9-5-11-21-23(17,18)22-12-6-10-20-14(16)8-4-2/h3-4,7-8H,5-6,9-12H2,1-2H3,(H,17,18)/b7-3+,8-4+. The van der Waals surface area contributed by atoms with E-state index >= 15 is 0 Å². The van der Waals surface area contributed by atoms with Crippen molar-refractivity contribution in [3.8, 4) is 0 Å². The summed E-state index contributed by atoms with van der Waals surface area (Å²) in [6.45, 7) is 3.34. The quantitative estimate of drug-likeness (QED) is 0.247. The summed E-state index contributed by atoms with van der Waals surface area (Å²) in [7, 11) is -4.15. The summed E-state index contributed by atoms with van der Waals surface area (Å²) in [5.41, 5.74) is 0. The summed E-state index contributed by atoms with van der Waals surface area (Å²) >= 11 is 0. The number of hydrogen-bond acceptors (Lipinski definition) is 7. The van der Waals surface area contributed by atoms with Crippen molar-refractivity contribution in [1.82, 2.24) is 0 Å². The van der Waals surface area contributed by atoms with E-state index < -0.39 is 19.8 Å². The Morgan fingerprint density at radius 3 is 1.61 bits per heavy atom. The second kappa shape index (κ2) is 13.0. The average molecular weight is 350 g/mol. The van der Waals surface area contributed by atoms with Crippen LogP contribution in [0.3, 0.4) is 0 Å². The van der Waals surface area contributed by atoms with Crippen molar-refractivity contribution in [2.45, 2.75) is 26.7 Å². The molecular weight excluding hydrogens is 327 g/mol. The van der Waals surface area contributed by atoms with Gasteiger partial charge in [0, 0.05) is 25.0 Å². The molecule has 0 aliphatic rings. The first-order valence-corrected chi connectivity index (χ1v) is 8.61. The Kier molecular flexibility index (Phi) is 12.2. The van der Waals surface area contributed by atoms with Gasteiger partial charge in [-0.2, -0.15) is 0 Å². The first-order chi connectivity index (χ1) is 10.9. The number of ether oxygens (including phenoxy) is 2. The van der Waals surface area contributed by atoms with Crippen LogP contribution in [-0.4, -0.2) is 43.3 Å². The number of hydrogen-bond donors (Lipinski definition) is 1. The van der Waals surface area contributed by atoms with Crippen molar-refractivity contribution >= 4 is 19.8 Å². The third-order valence-corrected chi connectivity index (χ3v) is 3.20. The Balaban J connectivity index is 3.67. The fourth-order valence-corrected chi connectivity index (χ4v) is 2.02. The predicted molar refractivity (Wildman–Crippen MR) is 82.5 cm³/mol. The zero-order valence-corrected chi connectivity index (χ0v) is 14.2. The van der Waals surface area contributed by atoms with Crippen molar-refractivity contribution < 1.29 is 37.6 Å². The first kappa shape index (κ1) is 21.5. The molecule has 0 rings (SSSR count). The summed E-state index contributed by atoms with van der Waals surface area (Å²) in [6, 6.07) is 0. The van der Waals surface area contributed by atoms with Crippen molar-refractivity contribution in [2.75, 3.05) is 26.4 Å². The van der Waals surface area contributed by atoms with E-state index in [0.717, 1.165) is 0 Å². The molecule has 132 valence electrons. The van der Waals surface area contributed by atoms with Gasteiger partial charge in [0.25, 0.3) is 0 Å². The van der Waals surface area contributed by atoms with Crippen LogP contribution in [0, 0.1) is 0 Å². The SMILES string of the molecule is C/C=C/C(=O)OCCCOP(=O)(O)OCCCOC(=O)/C=C/C. The van der Waals surface area contributed by atoms with Gasteiger partial charge in [0.2, 0.25) is 0 Å². The molecule has 0 aromatic heterocycles. The lowest BCUT2D eigenvalue weighted by Crippen LogP contribution is -2.07. The molecule has 0 spiro atoms. The molecule has 0 saturated heterocycles. The molecule has 0 unspecified atom stereocenters. The van der Waals surface area contributed by atoms with Crippen LogP contribution < -0.4 is 0 Å². The smallest absolute Gasteiger partial charge is 0.462 e. The summed E-state index contributed by atoms with van der Waals surface area (Å²) < 4.78 is 30.4. The van der Waals surface area contributed by atoms with Gasteiger partial charge in [0.1, 0.15) is 0 Å². The van der Waals surface area contributed by atoms with Crippen LogP contribution in [0.5, 0.6) is 0 Å². The van der Waals surface area contributed by atoms with Crippen molar-refractivity contribution in [3.05, 3.63) is 24.3 Å². The topological polar surface area (TPSA) is 108 Å². The fraction of sp³-hybridized carbons (Fsp3) is 0.571. The van der Waals surface area contributed by atoms with E-state index in [1.807, 2.05) is 0 Å². The average Bonchev–Trinajstić information content (AvgIpc) is 2.47. The molecule has 0 aliphatic heterocycles. The third kappa shape index (κ3) is 13.9. The predicted octanol–water partition coefficient (Wildman–Crippen LogP) is 2.14. The normalized spacial score (nSPS) is 12.0. The van der Waals surface area contributed by atoms with Crippen LogP contribution in [0.1, 0.15) is 26.7 Å². The van der Waals surface area contributed by atoms with Gasteiger partial charge in [-0.25, -0.2) is 14.2 Å². The summed E-state index contributed by atoms with van der Waals surface area (Å²) in [6.07, 6.45) is 6.15. The molecule has 0 saturated carbocycles. The lowest BCUT2D eigenvalue weighted by molar-refractivity contribution is -0.138. The van der Waals surface area contributed by atoms with E-state index in [1.54, 1.807) is 26.0 Å². The van der Waals surface area contributed by atoms with Gasteiger partial charge < -0.3 is 14.4 Å². The fourth-order valence-electron chi connectivity index (χ4n) is 1.23. The second-order valence-corrected chi connectivity index (χ2v) is 5.63. The Labute approximate surface area is 135 Å². The highest BCUT2D eigenvalue weighted by molar-refractivity contribution is 7.47. The van der Waals surface area contributed by atoms with Gasteiger partial charge in [0.05, 0.1) is 26.4 Å². The van der Waals surface area contributed by atoms with Crippen molar-refractivity contribution in [2.24, 2.45) is 0 Å². The summed E-state index contributed by atoms with van der Waals surface area (Å²) in [4.78, 5) is 31.3. The van der Waals surface area contributed by atoms with E-state index in [0.29, 0.717) is 0 Å². The lowest BCUT2D eigenvalue weighted by atomic mass is 10.5. The van der Waals surface area contributed by atoms with Gasteiger partial charge in [-0.3, -0.25) is 9.05 Å². The molecule has 9 heteroatoms. The van der Waals surface area contributed by atoms with Crippen molar-refractivity contribution in [3.63, 3.8) is 0 Å². The number of phosphoric acid groups is 1. The number of allylic oxidation sites excluding steroid dienone is 2. The van der Waals surface area contributed by atoms with Gasteiger partial charge in [-0.05, 0) is 13.8 Å². The number of esters is 2. The molecule has 0 aromatic rings. The summed E-state index contributed by atoms with van der Waals surface area (Å²) in [5.74, 6) is -0.966. The lowest BCUT2D eigenvalue weighted by Gasteiger charge is -2.12. The number of rotatable bonds is 12. The highest BCUT2D eigenvalue weighted by Crippen LogP contribution is 2.43. The minimum Gasteiger partial charge on any atom is -0.462 e. The molecule has 0 aliphatic carbocycles. The molecule has 1 N–H and O–H groups in total. The van der Waals surface area contributed by atoms with Crippen molar-refractivity contribution in [1.29, 1.82) is 0 Å². The maximum absolute atomic E-state index is 11.5.